The standard InChI is InChI=1S/C11H19NO2/c1-3-9-10(11(13)14)7(2)6-12(9)8-4-5-8/h7-10H,3-6H2,1-2H3,(H,13,14). The Kier molecular flexibility index (Phi) is 2.52. The maximum absolute atomic E-state index is 11.1. The molecule has 1 N–H and O–H groups in total. The van der Waals surface area contributed by atoms with Crippen LogP contribution in [0.3, 0.4) is 0 Å². The van der Waals surface area contributed by atoms with E-state index < -0.39 is 5.97 Å². The molecule has 0 aromatic rings. The Hall–Kier alpha value is -0.570. The predicted molar refractivity (Wildman–Crippen MR) is 54.1 cm³/mol. The van der Waals surface area contributed by atoms with E-state index in [1.165, 1.54) is 12.8 Å². The number of hydrogen-bond donors (Lipinski definition) is 1. The summed E-state index contributed by atoms with van der Waals surface area (Å²) in [6.45, 7) is 5.16. The monoisotopic (exact) mass is 197 g/mol. The Labute approximate surface area is 85.1 Å². The zero-order valence-electron chi connectivity index (χ0n) is 8.94. The van der Waals surface area contributed by atoms with Gasteiger partial charge in [-0.25, -0.2) is 0 Å². The third kappa shape index (κ3) is 1.54. The molecule has 0 aromatic heterocycles. The molecule has 3 unspecified atom stereocenters. The number of hydrogen-bond acceptors (Lipinski definition) is 2. The smallest absolute Gasteiger partial charge is 0.308 e. The molecule has 0 amide bonds. The lowest BCUT2D eigenvalue weighted by Crippen LogP contribution is -2.36. The van der Waals surface area contributed by atoms with Crippen molar-refractivity contribution in [3.8, 4) is 0 Å². The molecule has 1 heterocycles. The van der Waals surface area contributed by atoms with E-state index >= 15 is 0 Å². The SMILES string of the molecule is CCC1C(C(=O)O)C(C)CN1C1CC1. The van der Waals surface area contributed by atoms with E-state index in [0.717, 1.165) is 13.0 Å². The summed E-state index contributed by atoms with van der Waals surface area (Å²) in [6.07, 6.45) is 3.52. The summed E-state index contributed by atoms with van der Waals surface area (Å²) in [5.74, 6) is -0.425. The Bertz CT molecular complexity index is 237. The third-order valence-electron chi connectivity index (χ3n) is 3.67. The molecule has 2 fully saturated rings. The first-order chi connectivity index (χ1) is 6.65. The molecular weight excluding hydrogens is 178 g/mol. The van der Waals surface area contributed by atoms with E-state index in [1.54, 1.807) is 0 Å². The van der Waals surface area contributed by atoms with Crippen molar-refractivity contribution >= 4 is 5.97 Å². The van der Waals surface area contributed by atoms with E-state index in [-0.39, 0.29) is 12.0 Å². The minimum absolute atomic E-state index is 0.138. The van der Waals surface area contributed by atoms with Crippen molar-refractivity contribution in [2.24, 2.45) is 11.8 Å². The van der Waals surface area contributed by atoms with Crippen molar-refractivity contribution < 1.29 is 9.90 Å². The molecule has 0 aromatic carbocycles. The summed E-state index contributed by atoms with van der Waals surface area (Å²) in [4.78, 5) is 13.6. The Morgan fingerprint density at radius 2 is 2.14 bits per heavy atom. The molecule has 2 rings (SSSR count). The molecule has 1 saturated carbocycles. The van der Waals surface area contributed by atoms with E-state index in [4.69, 9.17) is 0 Å². The normalized spacial score (nSPS) is 38.9. The highest BCUT2D eigenvalue weighted by atomic mass is 16.4. The zero-order chi connectivity index (χ0) is 10.3. The number of rotatable bonds is 3. The lowest BCUT2D eigenvalue weighted by molar-refractivity contribution is -0.143. The van der Waals surface area contributed by atoms with Crippen LogP contribution in [-0.4, -0.2) is 34.6 Å². The van der Waals surface area contributed by atoms with Gasteiger partial charge >= 0.3 is 5.97 Å². The van der Waals surface area contributed by atoms with Gasteiger partial charge in [0.25, 0.3) is 0 Å². The van der Waals surface area contributed by atoms with Gasteiger partial charge in [-0.05, 0) is 25.2 Å². The van der Waals surface area contributed by atoms with Gasteiger partial charge in [0.1, 0.15) is 0 Å². The molecule has 14 heavy (non-hydrogen) atoms. The zero-order valence-corrected chi connectivity index (χ0v) is 8.94. The Morgan fingerprint density at radius 3 is 2.57 bits per heavy atom. The van der Waals surface area contributed by atoms with Crippen molar-refractivity contribution in [2.45, 2.75) is 45.2 Å². The predicted octanol–water partition coefficient (Wildman–Crippen LogP) is 1.58. The molecule has 3 atom stereocenters. The molecule has 3 heteroatoms. The number of aliphatic carboxylic acids is 1. The van der Waals surface area contributed by atoms with Gasteiger partial charge in [0.2, 0.25) is 0 Å². The van der Waals surface area contributed by atoms with Gasteiger partial charge in [-0.2, -0.15) is 0 Å². The second kappa shape index (κ2) is 3.54. The number of nitrogens with zero attached hydrogens (tertiary/aromatic N) is 1. The van der Waals surface area contributed by atoms with Gasteiger partial charge in [-0.3, -0.25) is 9.69 Å². The summed E-state index contributed by atoms with van der Waals surface area (Å²) >= 11 is 0. The number of carbonyl (C=O) groups is 1. The molecule has 3 nitrogen and oxygen atoms in total. The van der Waals surface area contributed by atoms with Crippen LogP contribution in [0.2, 0.25) is 0 Å². The fraction of sp³-hybridized carbons (Fsp3) is 0.909. The van der Waals surface area contributed by atoms with Crippen LogP contribution in [0.5, 0.6) is 0 Å². The fourth-order valence-corrected chi connectivity index (χ4v) is 2.89. The highest BCUT2D eigenvalue weighted by Crippen LogP contribution is 2.39. The lowest BCUT2D eigenvalue weighted by Gasteiger charge is -2.25. The van der Waals surface area contributed by atoms with Crippen LogP contribution in [-0.2, 0) is 4.79 Å². The first kappa shape index (κ1) is 9.97. The van der Waals surface area contributed by atoms with Crippen LogP contribution in [0.15, 0.2) is 0 Å². The van der Waals surface area contributed by atoms with Crippen LogP contribution >= 0.6 is 0 Å². The van der Waals surface area contributed by atoms with E-state index in [9.17, 15) is 9.90 Å². The van der Waals surface area contributed by atoms with Gasteiger partial charge in [-0.1, -0.05) is 13.8 Å². The second-order valence-electron chi connectivity index (χ2n) is 4.74. The summed E-state index contributed by atoms with van der Waals surface area (Å²) in [7, 11) is 0. The highest BCUT2D eigenvalue weighted by Gasteiger charge is 2.47. The second-order valence-corrected chi connectivity index (χ2v) is 4.74. The minimum atomic E-state index is -0.604. The van der Waals surface area contributed by atoms with Gasteiger partial charge in [0.05, 0.1) is 5.92 Å². The largest absolute Gasteiger partial charge is 0.481 e. The molecule has 1 aliphatic carbocycles. The van der Waals surface area contributed by atoms with Gasteiger partial charge in [-0.15, -0.1) is 0 Å². The Balaban J connectivity index is 2.12. The maximum atomic E-state index is 11.1. The molecule has 0 spiro atoms. The van der Waals surface area contributed by atoms with Crippen molar-refractivity contribution in [2.75, 3.05) is 6.54 Å². The topological polar surface area (TPSA) is 40.5 Å². The average molecular weight is 197 g/mol. The molecule has 1 aliphatic heterocycles. The first-order valence-electron chi connectivity index (χ1n) is 5.63. The van der Waals surface area contributed by atoms with E-state index in [2.05, 4.69) is 18.7 Å². The maximum Gasteiger partial charge on any atom is 0.308 e. The molecule has 0 radical (unpaired) electrons. The van der Waals surface area contributed by atoms with Gasteiger partial charge in [0, 0.05) is 18.6 Å². The number of carboxylic acid groups (broad SMARTS) is 1. The average Bonchev–Trinajstić information content (AvgIpc) is 2.89. The van der Waals surface area contributed by atoms with Crippen LogP contribution in [0, 0.1) is 11.8 Å². The van der Waals surface area contributed by atoms with Crippen LogP contribution in [0.1, 0.15) is 33.1 Å². The van der Waals surface area contributed by atoms with Crippen LogP contribution < -0.4 is 0 Å². The summed E-state index contributed by atoms with van der Waals surface area (Å²) < 4.78 is 0. The van der Waals surface area contributed by atoms with Crippen molar-refractivity contribution in [1.82, 2.24) is 4.90 Å². The molecule has 2 aliphatic rings. The lowest BCUT2D eigenvalue weighted by atomic mass is 9.91. The molecule has 1 saturated heterocycles. The minimum Gasteiger partial charge on any atom is -0.481 e. The van der Waals surface area contributed by atoms with Gasteiger partial charge < -0.3 is 5.11 Å². The van der Waals surface area contributed by atoms with Crippen molar-refractivity contribution in [3.05, 3.63) is 0 Å². The van der Waals surface area contributed by atoms with E-state index in [1.807, 2.05) is 0 Å². The summed E-state index contributed by atoms with van der Waals surface area (Å²) in [5.41, 5.74) is 0. The van der Waals surface area contributed by atoms with Crippen molar-refractivity contribution in [1.29, 1.82) is 0 Å². The van der Waals surface area contributed by atoms with Gasteiger partial charge in [0.15, 0.2) is 0 Å². The summed E-state index contributed by atoms with van der Waals surface area (Å²) in [6, 6.07) is 0.988. The number of carboxylic acids is 1. The summed E-state index contributed by atoms with van der Waals surface area (Å²) in [5, 5.41) is 9.18. The van der Waals surface area contributed by atoms with Crippen LogP contribution in [0.25, 0.3) is 0 Å². The first-order valence-corrected chi connectivity index (χ1v) is 5.63. The fourth-order valence-electron chi connectivity index (χ4n) is 2.89. The molecule has 0 bridgehead atoms. The van der Waals surface area contributed by atoms with E-state index in [0.29, 0.717) is 12.0 Å². The quantitative estimate of drug-likeness (QED) is 0.746. The van der Waals surface area contributed by atoms with Crippen LogP contribution in [0.4, 0.5) is 0 Å². The number of likely N-dealkylation sites (tertiary alicyclic amines) is 1. The highest BCUT2D eigenvalue weighted by molar-refractivity contribution is 5.71. The Morgan fingerprint density at radius 1 is 1.50 bits per heavy atom. The van der Waals surface area contributed by atoms with Crippen molar-refractivity contribution in [3.63, 3.8) is 0 Å². The molecule has 80 valence electrons. The molecular formula is C11H19NO2. The third-order valence-corrected chi connectivity index (χ3v) is 3.67.